The molecular formula is C7H14FNO. The van der Waals surface area contributed by atoms with Crippen LogP contribution in [-0.4, -0.2) is 18.1 Å². The summed E-state index contributed by atoms with van der Waals surface area (Å²) in [5, 5.41) is 2.40. The van der Waals surface area contributed by atoms with Crippen LogP contribution in [0.25, 0.3) is 0 Å². The lowest BCUT2D eigenvalue weighted by Gasteiger charge is -2.05. The molecule has 3 heteroatoms. The van der Waals surface area contributed by atoms with Crippen LogP contribution in [0.15, 0.2) is 0 Å². The predicted molar refractivity (Wildman–Crippen MR) is 38.5 cm³/mol. The topological polar surface area (TPSA) is 29.1 Å². The molecule has 1 amide bonds. The Balaban J connectivity index is 0.000000371. The van der Waals surface area contributed by atoms with Gasteiger partial charge in [-0.3, -0.25) is 4.79 Å². The third kappa shape index (κ3) is 1.97. The molecule has 0 saturated carbocycles. The molecule has 1 atom stereocenters. The van der Waals surface area contributed by atoms with Gasteiger partial charge in [-0.1, -0.05) is 13.8 Å². The van der Waals surface area contributed by atoms with Gasteiger partial charge in [0.2, 0.25) is 0 Å². The number of nitrogens with one attached hydrogen (secondary N) is 1. The highest BCUT2D eigenvalue weighted by atomic mass is 19.1. The molecule has 1 N–H and O–H groups in total. The van der Waals surface area contributed by atoms with Crippen molar-refractivity contribution in [3.63, 3.8) is 0 Å². The van der Waals surface area contributed by atoms with Crippen LogP contribution in [-0.2, 0) is 4.79 Å². The lowest BCUT2D eigenvalue weighted by molar-refractivity contribution is -0.128. The van der Waals surface area contributed by atoms with Gasteiger partial charge in [0.1, 0.15) is 0 Å². The number of hydrogen-bond donors (Lipinski definition) is 1. The van der Waals surface area contributed by atoms with Gasteiger partial charge in [0.05, 0.1) is 0 Å². The zero-order valence-electron chi connectivity index (χ0n) is 6.70. The molecule has 1 fully saturated rings. The second-order valence-electron chi connectivity index (χ2n) is 2.20. The summed E-state index contributed by atoms with van der Waals surface area (Å²) < 4.78 is 12.6. The number of halogens is 1. The molecule has 2 nitrogen and oxygen atoms in total. The van der Waals surface area contributed by atoms with Crippen molar-refractivity contribution in [3.8, 4) is 0 Å². The van der Waals surface area contributed by atoms with E-state index in [0.717, 1.165) is 0 Å². The lowest BCUT2D eigenvalue weighted by atomic mass is 10.1. The largest absolute Gasteiger partial charge is 0.353 e. The number of alkyl halides is 1. The standard InChI is InChI=1S/C5H8FNO.C2H6/c1-5(6)2-3-7-4(5)8;1-2/h2-3H2,1H3,(H,7,8);1-2H3. The van der Waals surface area contributed by atoms with Crippen LogP contribution in [0.4, 0.5) is 4.39 Å². The van der Waals surface area contributed by atoms with E-state index in [2.05, 4.69) is 5.32 Å². The second kappa shape index (κ2) is 3.54. The molecule has 1 heterocycles. The van der Waals surface area contributed by atoms with Crippen LogP contribution in [0.5, 0.6) is 0 Å². The Bertz CT molecular complexity index is 123. The number of rotatable bonds is 0. The average Bonchev–Trinajstić information content (AvgIpc) is 2.17. The van der Waals surface area contributed by atoms with Crippen molar-refractivity contribution in [1.29, 1.82) is 0 Å². The normalized spacial score (nSPS) is 30.6. The Hall–Kier alpha value is -0.600. The highest BCUT2D eigenvalue weighted by molar-refractivity contribution is 5.86. The van der Waals surface area contributed by atoms with E-state index in [-0.39, 0.29) is 0 Å². The molecule has 0 aromatic heterocycles. The Labute approximate surface area is 60.8 Å². The molecule has 60 valence electrons. The van der Waals surface area contributed by atoms with Crippen LogP contribution in [0.2, 0.25) is 0 Å². The second-order valence-corrected chi connectivity index (χ2v) is 2.20. The maximum absolute atomic E-state index is 12.6. The molecule has 0 aliphatic carbocycles. The zero-order chi connectivity index (χ0) is 8.20. The van der Waals surface area contributed by atoms with E-state index in [4.69, 9.17) is 0 Å². The smallest absolute Gasteiger partial charge is 0.257 e. The van der Waals surface area contributed by atoms with Gasteiger partial charge in [-0.2, -0.15) is 0 Å². The van der Waals surface area contributed by atoms with Crippen molar-refractivity contribution in [2.45, 2.75) is 32.9 Å². The molecule has 1 rings (SSSR count). The monoisotopic (exact) mass is 147 g/mol. The molecule has 1 aliphatic rings. The van der Waals surface area contributed by atoms with Gasteiger partial charge in [0.25, 0.3) is 5.91 Å². The van der Waals surface area contributed by atoms with E-state index < -0.39 is 11.6 Å². The first-order chi connectivity index (χ1) is 4.63. The van der Waals surface area contributed by atoms with E-state index in [1.165, 1.54) is 6.92 Å². The molecule has 1 aliphatic heterocycles. The van der Waals surface area contributed by atoms with Crippen molar-refractivity contribution in [2.24, 2.45) is 0 Å². The third-order valence-corrected chi connectivity index (χ3v) is 1.35. The van der Waals surface area contributed by atoms with Gasteiger partial charge in [0.15, 0.2) is 5.67 Å². The summed E-state index contributed by atoms with van der Waals surface area (Å²) in [6.07, 6.45) is 0.311. The molecule has 0 aromatic rings. The first kappa shape index (κ1) is 9.40. The van der Waals surface area contributed by atoms with E-state index in [1.807, 2.05) is 13.8 Å². The van der Waals surface area contributed by atoms with Crippen molar-refractivity contribution in [3.05, 3.63) is 0 Å². The van der Waals surface area contributed by atoms with E-state index in [9.17, 15) is 9.18 Å². The fourth-order valence-electron chi connectivity index (χ4n) is 0.709. The van der Waals surface area contributed by atoms with Crippen molar-refractivity contribution in [1.82, 2.24) is 5.32 Å². The zero-order valence-corrected chi connectivity index (χ0v) is 6.70. The van der Waals surface area contributed by atoms with Gasteiger partial charge in [-0.05, 0) is 6.92 Å². The van der Waals surface area contributed by atoms with Crippen LogP contribution in [0.1, 0.15) is 27.2 Å². The van der Waals surface area contributed by atoms with Crippen molar-refractivity contribution >= 4 is 5.91 Å². The van der Waals surface area contributed by atoms with Crippen molar-refractivity contribution < 1.29 is 9.18 Å². The van der Waals surface area contributed by atoms with Crippen LogP contribution in [0.3, 0.4) is 0 Å². The Morgan fingerprint density at radius 2 is 2.10 bits per heavy atom. The number of carbonyl (C=O) groups excluding carboxylic acids is 1. The van der Waals surface area contributed by atoms with Gasteiger partial charge in [-0.25, -0.2) is 4.39 Å². The van der Waals surface area contributed by atoms with Crippen LogP contribution in [0, 0.1) is 0 Å². The Morgan fingerprint density at radius 3 is 2.20 bits per heavy atom. The van der Waals surface area contributed by atoms with Gasteiger partial charge >= 0.3 is 0 Å². The minimum atomic E-state index is -1.60. The summed E-state index contributed by atoms with van der Waals surface area (Å²) in [7, 11) is 0. The van der Waals surface area contributed by atoms with Gasteiger partial charge in [-0.15, -0.1) is 0 Å². The van der Waals surface area contributed by atoms with Crippen LogP contribution < -0.4 is 5.32 Å². The predicted octanol–water partition coefficient (Wildman–Crippen LogP) is 1.26. The van der Waals surface area contributed by atoms with Gasteiger partial charge in [0, 0.05) is 13.0 Å². The number of carbonyl (C=O) groups is 1. The van der Waals surface area contributed by atoms with E-state index >= 15 is 0 Å². The number of hydrogen-bond acceptors (Lipinski definition) is 1. The van der Waals surface area contributed by atoms with Crippen molar-refractivity contribution in [2.75, 3.05) is 6.54 Å². The molecular weight excluding hydrogens is 133 g/mol. The summed E-state index contributed by atoms with van der Waals surface area (Å²) in [6, 6.07) is 0. The molecule has 0 bridgehead atoms. The SMILES string of the molecule is CC.CC1(F)CCNC1=O. The van der Waals surface area contributed by atoms with Gasteiger partial charge < -0.3 is 5.32 Å². The average molecular weight is 147 g/mol. The highest BCUT2D eigenvalue weighted by Gasteiger charge is 2.37. The van der Waals surface area contributed by atoms with E-state index in [0.29, 0.717) is 13.0 Å². The lowest BCUT2D eigenvalue weighted by Crippen LogP contribution is -2.29. The maximum Gasteiger partial charge on any atom is 0.257 e. The molecule has 0 aromatic carbocycles. The maximum atomic E-state index is 12.6. The summed E-state index contributed by atoms with van der Waals surface area (Å²) >= 11 is 0. The molecule has 0 radical (unpaired) electrons. The third-order valence-electron chi connectivity index (χ3n) is 1.35. The Kier molecular flexibility index (Phi) is 3.33. The fourth-order valence-corrected chi connectivity index (χ4v) is 0.709. The quantitative estimate of drug-likeness (QED) is 0.549. The summed E-state index contributed by atoms with van der Waals surface area (Å²) in [4.78, 5) is 10.4. The summed E-state index contributed by atoms with van der Waals surface area (Å²) in [6.45, 7) is 5.78. The first-order valence-electron chi connectivity index (χ1n) is 3.60. The first-order valence-corrected chi connectivity index (χ1v) is 3.60. The summed E-state index contributed by atoms with van der Waals surface area (Å²) in [5.74, 6) is -0.475. The Morgan fingerprint density at radius 1 is 1.60 bits per heavy atom. The molecule has 0 spiro atoms. The minimum absolute atomic E-state index is 0.311. The molecule has 1 saturated heterocycles. The minimum Gasteiger partial charge on any atom is -0.353 e. The number of amides is 1. The highest BCUT2D eigenvalue weighted by Crippen LogP contribution is 2.18. The molecule has 1 unspecified atom stereocenters. The van der Waals surface area contributed by atoms with E-state index in [1.54, 1.807) is 0 Å². The van der Waals surface area contributed by atoms with Crippen LogP contribution >= 0.6 is 0 Å². The molecule has 10 heavy (non-hydrogen) atoms. The summed E-state index contributed by atoms with van der Waals surface area (Å²) in [5.41, 5.74) is -1.60. The fraction of sp³-hybridized carbons (Fsp3) is 0.857.